The summed E-state index contributed by atoms with van der Waals surface area (Å²) in [6, 6.07) is 9.98. The number of aromatic nitrogens is 2. The fraction of sp³-hybridized carbons (Fsp3) is 0.421. The Morgan fingerprint density at radius 3 is 3.00 bits per heavy atom. The smallest absolute Gasteiger partial charge is 0.255 e. The Labute approximate surface area is 143 Å². The van der Waals surface area contributed by atoms with E-state index in [9.17, 15) is 4.79 Å². The molecule has 3 heterocycles. The van der Waals surface area contributed by atoms with Crippen LogP contribution in [0.1, 0.15) is 41.7 Å². The van der Waals surface area contributed by atoms with Gasteiger partial charge in [-0.3, -0.25) is 9.78 Å². The van der Waals surface area contributed by atoms with Gasteiger partial charge in [-0.25, -0.2) is 4.98 Å². The fourth-order valence-electron chi connectivity index (χ4n) is 3.30. The summed E-state index contributed by atoms with van der Waals surface area (Å²) in [5.74, 6) is 0.990. The van der Waals surface area contributed by atoms with Crippen molar-refractivity contribution in [3.8, 4) is 0 Å². The van der Waals surface area contributed by atoms with Gasteiger partial charge in [0.25, 0.3) is 5.91 Å². The van der Waals surface area contributed by atoms with Crippen molar-refractivity contribution in [2.75, 3.05) is 18.9 Å². The largest absolute Gasteiger partial charge is 0.373 e. The van der Waals surface area contributed by atoms with Gasteiger partial charge < -0.3 is 10.2 Å². The van der Waals surface area contributed by atoms with Crippen LogP contribution >= 0.6 is 0 Å². The number of hydrogen-bond acceptors (Lipinski definition) is 4. The predicted octanol–water partition coefficient (Wildman–Crippen LogP) is 3.15. The molecule has 1 fully saturated rings. The van der Waals surface area contributed by atoms with Gasteiger partial charge in [-0.1, -0.05) is 6.07 Å². The molecule has 24 heavy (non-hydrogen) atoms. The van der Waals surface area contributed by atoms with Gasteiger partial charge in [-0.2, -0.15) is 0 Å². The zero-order valence-corrected chi connectivity index (χ0v) is 14.1. The predicted molar refractivity (Wildman–Crippen MR) is 95.0 cm³/mol. The SMILES string of the molecule is CNc1cccc(CC[C@@H]2CCCCN2C(=O)c2cccnc2)n1. The number of amides is 1. The Bertz CT molecular complexity index is 674. The maximum Gasteiger partial charge on any atom is 0.255 e. The molecule has 5 heteroatoms. The van der Waals surface area contributed by atoms with Crippen molar-refractivity contribution in [1.82, 2.24) is 14.9 Å². The molecule has 1 saturated heterocycles. The van der Waals surface area contributed by atoms with Crippen molar-refractivity contribution in [3.05, 3.63) is 54.0 Å². The molecule has 0 spiro atoms. The van der Waals surface area contributed by atoms with E-state index < -0.39 is 0 Å². The van der Waals surface area contributed by atoms with Crippen LogP contribution in [0.5, 0.6) is 0 Å². The quantitative estimate of drug-likeness (QED) is 0.918. The second kappa shape index (κ2) is 7.90. The molecule has 0 aliphatic carbocycles. The Balaban J connectivity index is 1.67. The molecule has 2 aromatic heterocycles. The number of carbonyl (C=O) groups excluding carboxylic acids is 1. The fourth-order valence-corrected chi connectivity index (χ4v) is 3.30. The van der Waals surface area contributed by atoms with Crippen LogP contribution in [0.15, 0.2) is 42.7 Å². The molecule has 3 rings (SSSR count). The summed E-state index contributed by atoms with van der Waals surface area (Å²) in [6.07, 6.45) is 8.53. The summed E-state index contributed by atoms with van der Waals surface area (Å²) in [5.41, 5.74) is 1.75. The maximum absolute atomic E-state index is 12.8. The number of likely N-dealkylation sites (tertiary alicyclic amines) is 1. The molecule has 1 aliphatic heterocycles. The molecule has 0 radical (unpaired) electrons. The van der Waals surface area contributed by atoms with Crippen molar-refractivity contribution in [2.45, 2.75) is 38.1 Å². The lowest BCUT2D eigenvalue weighted by Gasteiger charge is -2.36. The van der Waals surface area contributed by atoms with Crippen molar-refractivity contribution in [3.63, 3.8) is 0 Å². The lowest BCUT2D eigenvalue weighted by Crippen LogP contribution is -2.44. The summed E-state index contributed by atoms with van der Waals surface area (Å²) in [5, 5.41) is 3.07. The summed E-state index contributed by atoms with van der Waals surface area (Å²) in [6.45, 7) is 0.836. The number of pyridine rings is 2. The summed E-state index contributed by atoms with van der Waals surface area (Å²) in [4.78, 5) is 23.5. The Morgan fingerprint density at radius 1 is 1.29 bits per heavy atom. The van der Waals surface area contributed by atoms with Gasteiger partial charge in [-0.05, 0) is 56.4 Å². The Kier molecular flexibility index (Phi) is 5.41. The van der Waals surface area contributed by atoms with E-state index in [1.807, 2.05) is 36.2 Å². The van der Waals surface area contributed by atoms with Gasteiger partial charge in [-0.15, -0.1) is 0 Å². The minimum absolute atomic E-state index is 0.102. The zero-order valence-electron chi connectivity index (χ0n) is 14.1. The highest BCUT2D eigenvalue weighted by Crippen LogP contribution is 2.23. The molecule has 0 bridgehead atoms. The van der Waals surface area contributed by atoms with E-state index in [2.05, 4.69) is 21.4 Å². The first-order chi connectivity index (χ1) is 11.8. The minimum Gasteiger partial charge on any atom is -0.373 e. The molecule has 5 nitrogen and oxygen atoms in total. The third kappa shape index (κ3) is 3.91. The number of hydrogen-bond donors (Lipinski definition) is 1. The summed E-state index contributed by atoms with van der Waals surface area (Å²) >= 11 is 0. The molecule has 1 aliphatic rings. The topological polar surface area (TPSA) is 58.1 Å². The first-order valence-corrected chi connectivity index (χ1v) is 8.62. The first kappa shape index (κ1) is 16.4. The molecule has 1 atom stereocenters. The van der Waals surface area contributed by atoms with Crippen LogP contribution in [0.25, 0.3) is 0 Å². The van der Waals surface area contributed by atoms with Gasteiger partial charge in [0.2, 0.25) is 0 Å². The average Bonchev–Trinajstić information content (AvgIpc) is 2.67. The van der Waals surface area contributed by atoms with E-state index in [-0.39, 0.29) is 11.9 Å². The number of aryl methyl sites for hydroxylation is 1. The van der Waals surface area contributed by atoms with Crippen molar-refractivity contribution in [2.24, 2.45) is 0 Å². The number of rotatable bonds is 5. The minimum atomic E-state index is 0.102. The van der Waals surface area contributed by atoms with E-state index in [0.29, 0.717) is 5.56 Å². The second-order valence-corrected chi connectivity index (χ2v) is 6.19. The van der Waals surface area contributed by atoms with Crippen LogP contribution in [0.2, 0.25) is 0 Å². The van der Waals surface area contributed by atoms with E-state index in [0.717, 1.165) is 43.7 Å². The zero-order chi connectivity index (χ0) is 16.8. The van der Waals surface area contributed by atoms with Gasteiger partial charge in [0, 0.05) is 37.7 Å². The van der Waals surface area contributed by atoms with Crippen molar-refractivity contribution in [1.29, 1.82) is 0 Å². The van der Waals surface area contributed by atoms with Crippen LogP contribution in [-0.2, 0) is 6.42 Å². The molecule has 1 amide bonds. The second-order valence-electron chi connectivity index (χ2n) is 6.19. The molecule has 0 unspecified atom stereocenters. The number of carbonyl (C=O) groups is 1. The molecule has 0 saturated carbocycles. The van der Waals surface area contributed by atoms with Gasteiger partial charge in [0.15, 0.2) is 0 Å². The average molecular weight is 324 g/mol. The summed E-state index contributed by atoms with van der Waals surface area (Å²) < 4.78 is 0. The van der Waals surface area contributed by atoms with Gasteiger partial charge in [0.1, 0.15) is 5.82 Å². The van der Waals surface area contributed by atoms with E-state index in [4.69, 9.17) is 0 Å². The third-order valence-electron chi connectivity index (χ3n) is 4.59. The monoisotopic (exact) mass is 324 g/mol. The van der Waals surface area contributed by atoms with Crippen molar-refractivity contribution >= 4 is 11.7 Å². The number of anilines is 1. The normalized spacial score (nSPS) is 17.5. The Hall–Kier alpha value is -2.43. The van der Waals surface area contributed by atoms with E-state index >= 15 is 0 Å². The van der Waals surface area contributed by atoms with E-state index in [1.165, 1.54) is 6.42 Å². The van der Waals surface area contributed by atoms with Crippen LogP contribution in [0, 0.1) is 0 Å². The van der Waals surface area contributed by atoms with Gasteiger partial charge >= 0.3 is 0 Å². The highest BCUT2D eigenvalue weighted by atomic mass is 16.2. The molecule has 126 valence electrons. The molecule has 2 aromatic rings. The Morgan fingerprint density at radius 2 is 2.21 bits per heavy atom. The summed E-state index contributed by atoms with van der Waals surface area (Å²) in [7, 11) is 1.88. The first-order valence-electron chi connectivity index (χ1n) is 8.62. The lowest BCUT2D eigenvalue weighted by atomic mass is 9.96. The molecular weight excluding hydrogens is 300 g/mol. The molecule has 1 N–H and O–H groups in total. The lowest BCUT2D eigenvalue weighted by molar-refractivity contribution is 0.0601. The van der Waals surface area contributed by atoms with Crippen LogP contribution in [0.4, 0.5) is 5.82 Å². The van der Waals surface area contributed by atoms with Crippen LogP contribution in [0.3, 0.4) is 0 Å². The third-order valence-corrected chi connectivity index (χ3v) is 4.59. The maximum atomic E-state index is 12.8. The number of nitrogens with zero attached hydrogens (tertiary/aromatic N) is 3. The van der Waals surface area contributed by atoms with Crippen LogP contribution < -0.4 is 5.32 Å². The molecular formula is C19H24N4O. The van der Waals surface area contributed by atoms with Crippen molar-refractivity contribution < 1.29 is 4.79 Å². The highest BCUT2D eigenvalue weighted by Gasteiger charge is 2.27. The number of piperidine rings is 1. The number of nitrogens with one attached hydrogen (secondary N) is 1. The van der Waals surface area contributed by atoms with Crippen LogP contribution in [-0.4, -0.2) is 40.4 Å². The van der Waals surface area contributed by atoms with Gasteiger partial charge in [0.05, 0.1) is 5.56 Å². The highest BCUT2D eigenvalue weighted by molar-refractivity contribution is 5.94. The molecule has 0 aromatic carbocycles. The van der Waals surface area contributed by atoms with E-state index in [1.54, 1.807) is 12.4 Å². The standard InChI is InChI=1S/C19H24N4O/c1-20-18-9-4-7-16(22-18)10-11-17-8-2-3-13-23(17)19(24)15-6-5-12-21-14-15/h4-7,9,12,14,17H,2-3,8,10-11,13H2,1H3,(H,20,22)/t17-/m0/s1.